The average Bonchev–Trinajstić information content (AvgIpc) is 2.12. The van der Waals surface area contributed by atoms with E-state index in [-0.39, 0.29) is 9.74 Å². The van der Waals surface area contributed by atoms with Crippen LogP contribution in [0.5, 0.6) is 0 Å². The van der Waals surface area contributed by atoms with E-state index in [9.17, 15) is 9.90 Å². The van der Waals surface area contributed by atoms with Crippen LogP contribution in [-0.4, -0.2) is 26.6 Å². The first kappa shape index (κ1) is 11.0. The molecule has 4 aliphatic carbocycles. The Balaban J connectivity index is 1.94. The number of carboxylic acids is 1. The third kappa shape index (κ3) is 1.46. The maximum atomic E-state index is 11.1. The van der Waals surface area contributed by atoms with E-state index in [2.05, 4.69) is 15.9 Å². The van der Waals surface area contributed by atoms with Gasteiger partial charge in [-0.3, -0.25) is 0 Å². The van der Waals surface area contributed by atoms with Gasteiger partial charge in [0.1, 0.15) is 0 Å². The molecule has 4 fully saturated rings. The summed E-state index contributed by atoms with van der Waals surface area (Å²) in [5, 5.41) is 19.0. The molecule has 0 aliphatic heterocycles. The molecule has 0 amide bonds. The van der Waals surface area contributed by atoms with Crippen LogP contribution in [-0.2, 0) is 4.79 Å². The van der Waals surface area contributed by atoms with Crippen molar-refractivity contribution in [1.29, 1.82) is 0 Å². The van der Waals surface area contributed by atoms with Gasteiger partial charge < -0.3 is 10.2 Å². The predicted molar refractivity (Wildman–Crippen MR) is 62.4 cm³/mol. The van der Waals surface area contributed by atoms with E-state index in [1.807, 2.05) is 0 Å². The topological polar surface area (TPSA) is 57.5 Å². The Hall–Kier alpha value is -0.0900. The Labute approximate surface area is 103 Å². The molecular weight excluding hydrogens is 272 g/mol. The summed E-state index contributed by atoms with van der Waals surface area (Å²) >= 11 is 3.81. The van der Waals surface area contributed by atoms with Crippen molar-refractivity contribution in [3.05, 3.63) is 0 Å². The number of hydrogen-bond acceptors (Lipinski definition) is 2. The lowest BCUT2D eigenvalue weighted by molar-refractivity contribution is -0.168. The molecule has 2 N–H and O–H groups in total. The van der Waals surface area contributed by atoms with Gasteiger partial charge in [0.15, 0.2) is 6.10 Å². The van der Waals surface area contributed by atoms with E-state index in [0.717, 1.165) is 32.1 Å². The quantitative estimate of drug-likeness (QED) is 0.766. The third-order valence-electron chi connectivity index (χ3n) is 4.85. The molecule has 0 heterocycles. The van der Waals surface area contributed by atoms with Crippen LogP contribution < -0.4 is 0 Å². The fourth-order valence-electron chi connectivity index (χ4n) is 4.80. The Morgan fingerprint density at radius 3 is 2.25 bits per heavy atom. The summed E-state index contributed by atoms with van der Waals surface area (Å²) in [6.07, 6.45) is 5.04. The van der Waals surface area contributed by atoms with Crippen molar-refractivity contribution in [3.63, 3.8) is 0 Å². The van der Waals surface area contributed by atoms with Gasteiger partial charge in [0, 0.05) is 9.74 Å². The third-order valence-corrected chi connectivity index (χ3v) is 5.78. The zero-order valence-corrected chi connectivity index (χ0v) is 10.7. The van der Waals surface area contributed by atoms with Crippen molar-refractivity contribution in [2.45, 2.75) is 49.0 Å². The molecule has 0 saturated heterocycles. The average molecular weight is 289 g/mol. The van der Waals surface area contributed by atoms with Crippen LogP contribution in [0.15, 0.2) is 0 Å². The van der Waals surface area contributed by atoms with Crippen LogP contribution in [0.2, 0.25) is 0 Å². The summed E-state index contributed by atoms with van der Waals surface area (Å²) in [5.41, 5.74) is -0.348. The van der Waals surface area contributed by atoms with E-state index >= 15 is 0 Å². The van der Waals surface area contributed by atoms with Crippen molar-refractivity contribution in [2.24, 2.45) is 17.3 Å². The summed E-state index contributed by atoms with van der Waals surface area (Å²) < 4.78 is 0.119. The second-order valence-electron chi connectivity index (χ2n) is 6.22. The van der Waals surface area contributed by atoms with E-state index < -0.39 is 12.1 Å². The van der Waals surface area contributed by atoms with Gasteiger partial charge in [-0.1, -0.05) is 15.9 Å². The summed E-state index contributed by atoms with van der Waals surface area (Å²) in [4.78, 5) is 11.1. The first-order valence-corrected chi connectivity index (χ1v) is 6.82. The maximum Gasteiger partial charge on any atom is 0.333 e. The van der Waals surface area contributed by atoms with Crippen LogP contribution in [0.4, 0.5) is 0 Å². The molecule has 0 spiro atoms. The van der Waals surface area contributed by atoms with Crippen molar-refractivity contribution in [3.8, 4) is 0 Å². The Morgan fingerprint density at radius 1 is 1.25 bits per heavy atom. The first-order valence-electron chi connectivity index (χ1n) is 6.02. The highest BCUT2D eigenvalue weighted by molar-refractivity contribution is 9.10. The second kappa shape index (κ2) is 3.22. The van der Waals surface area contributed by atoms with Gasteiger partial charge in [0.25, 0.3) is 0 Å². The number of aliphatic hydroxyl groups excluding tert-OH is 1. The largest absolute Gasteiger partial charge is 0.479 e. The predicted octanol–water partition coefficient (Wildman–Crippen LogP) is 2.17. The Kier molecular flexibility index (Phi) is 2.22. The minimum atomic E-state index is -1.17. The highest BCUT2D eigenvalue weighted by Crippen LogP contribution is 2.65. The number of carbonyl (C=O) groups is 1. The zero-order valence-electron chi connectivity index (χ0n) is 9.16. The highest BCUT2D eigenvalue weighted by Gasteiger charge is 2.60. The zero-order chi connectivity index (χ0) is 11.6. The summed E-state index contributed by atoms with van der Waals surface area (Å²) in [7, 11) is 0. The molecule has 0 radical (unpaired) electrons. The van der Waals surface area contributed by atoms with Crippen molar-refractivity contribution in [1.82, 2.24) is 0 Å². The van der Waals surface area contributed by atoms with Gasteiger partial charge in [-0.25, -0.2) is 4.79 Å². The molecule has 4 rings (SSSR count). The number of aliphatic hydroxyl groups is 1. The van der Waals surface area contributed by atoms with Gasteiger partial charge in [0.05, 0.1) is 0 Å². The number of carboxylic acid groups (broad SMARTS) is 1. The molecule has 4 aliphatic rings. The minimum Gasteiger partial charge on any atom is -0.479 e. The van der Waals surface area contributed by atoms with E-state index in [4.69, 9.17) is 5.11 Å². The number of alkyl halides is 1. The van der Waals surface area contributed by atoms with Gasteiger partial charge in [-0.2, -0.15) is 0 Å². The fraction of sp³-hybridized carbons (Fsp3) is 0.917. The lowest BCUT2D eigenvalue weighted by Gasteiger charge is -2.61. The molecule has 0 aromatic heterocycles. The van der Waals surface area contributed by atoms with Gasteiger partial charge in [0.2, 0.25) is 0 Å². The normalized spacial score (nSPS) is 51.6. The van der Waals surface area contributed by atoms with E-state index in [1.54, 1.807) is 0 Å². The molecule has 4 heteroatoms. The van der Waals surface area contributed by atoms with Gasteiger partial charge in [-0.15, -0.1) is 0 Å². The molecular formula is C12H17BrO3. The summed E-state index contributed by atoms with van der Waals surface area (Å²) in [6, 6.07) is 0. The van der Waals surface area contributed by atoms with Crippen molar-refractivity contribution < 1.29 is 15.0 Å². The molecule has 4 bridgehead atoms. The van der Waals surface area contributed by atoms with Crippen molar-refractivity contribution >= 4 is 21.9 Å². The lowest BCUT2D eigenvalue weighted by atomic mass is 9.48. The molecule has 0 aromatic carbocycles. The second-order valence-corrected chi connectivity index (χ2v) is 7.90. The number of aliphatic carboxylic acids is 1. The lowest BCUT2D eigenvalue weighted by Crippen LogP contribution is -2.58. The van der Waals surface area contributed by atoms with Crippen LogP contribution >= 0.6 is 15.9 Å². The molecule has 3 nitrogen and oxygen atoms in total. The summed E-state index contributed by atoms with van der Waals surface area (Å²) in [5.74, 6) is 0.197. The molecule has 90 valence electrons. The highest BCUT2D eigenvalue weighted by atomic mass is 79.9. The van der Waals surface area contributed by atoms with E-state index in [0.29, 0.717) is 11.8 Å². The fourth-order valence-corrected chi connectivity index (χ4v) is 6.28. The number of rotatable bonds is 2. The monoisotopic (exact) mass is 288 g/mol. The molecule has 4 saturated carbocycles. The van der Waals surface area contributed by atoms with Crippen LogP contribution in [0.25, 0.3) is 0 Å². The van der Waals surface area contributed by atoms with Crippen LogP contribution in [0.1, 0.15) is 38.5 Å². The Bertz CT molecular complexity index is 327. The standard InChI is InChI=1S/C12H17BrO3/c13-12-4-7-1-8(5-12)3-11(2-7,6-12)9(14)10(15)16/h7-9,14H,1-6H2,(H,15,16)/t7-,8-,9+,11?,12?/m1/s1. The Morgan fingerprint density at radius 2 is 1.81 bits per heavy atom. The molecule has 3 atom stereocenters. The SMILES string of the molecule is O=C(O)[C@H](O)C12C[C@H]3C[C@@H](CC(Br)(C3)C1)C2. The number of halogens is 1. The van der Waals surface area contributed by atoms with E-state index in [1.165, 1.54) is 6.42 Å². The minimum absolute atomic E-state index is 0.119. The van der Waals surface area contributed by atoms with Crippen LogP contribution in [0.3, 0.4) is 0 Å². The van der Waals surface area contributed by atoms with Gasteiger partial charge >= 0.3 is 5.97 Å². The van der Waals surface area contributed by atoms with Gasteiger partial charge in [-0.05, 0) is 50.4 Å². The van der Waals surface area contributed by atoms with Crippen molar-refractivity contribution in [2.75, 3.05) is 0 Å². The summed E-state index contributed by atoms with van der Waals surface area (Å²) in [6.45, 7) is 0. The maximum absolute atomic E-state index is 11.1. The molecule has 0 unspecified atom stereocenters. The van der Waals surface area contributed by atoms with Crippen LogP contribution in [0, 0.1) is 17.3 Å². The number of hydrogen-bond donors (Lipinski definition) is 2. The molecule has 16 heavy (non-hydrogen) atoms. The molecule has 0 aromatic rings. The first-order chi connectivity index (χ1) is 7.42. The smallest absolute Gasteiger partial charge is 0.333 e.